The maximum Gasteiger partial charge on any atom is 0.0718 e. The summed E-state index contributed by atoms with van der Waals surface area (Å²) in [6.45, 7) is 15.0. The molecule has 0 aromatic carbocycles. The first-order valence-electron chi connectivity index (χ1n) is 7.26. The molecule has 0 radical (unpaired) electrons. The van der Waals surface area contributed by atoms with Crippen molar-refractivity contribution in [3.05, 3.63) is 0 Å². The molecule has 0 bridgehead atoms. The van der Waals surface area contributed by atoms with Gasteiger partial charge in [-0.05, 0) is 66.1 Å². The van der Waals surface area contributed by atoms with Gasteiger partial charge in [0, 0.05) is 19.1 Å². The molecule has 1 aliphatic rings. The summed E-state index contributed by atoms with van der Waals surface area (Å²) >= 11 is 0. The van der Waals surface area contributed by atoms with Crippen LogP contribution < -0.4 is 0 Å². The lowest BCUT2D eigenvalue weighted by Crippen LogP contribution is -2.48. The van der Waals surface area contributed by atoms with E-state index in [2.05, 4.69) is 37.6 Å². The lowest BCUT2D eigenvalue weighted by Gasteiger charge is -2.43. The van der Waals surface area contributed by atoms with Gasteiger partial charge in [0.05, 0.1) is 5.60 Å². The Hall–Kier alpha value is -0.120. The molecule has 3 heteroatoms. The van der Waals surface area contributed by atoms with Crippen LogP contribution in [-0.4, -0.2) is 59.8 Å². The molecule has 1 N–H and O–H groups in total. The first kappa shape index (κ1) is 15.9. The average molecular weight is 256 g/mol. The zero-order valence-electron chi connectivity index (χ0n) is 13.2. The monoisotopic (exact) mass is 256 g/mol. The van der Waals surface area contributed by atoms with Crippen molar-refractivity contribution in [2.75, 3.05) is 33.2 Å². The van der Waals surface area contributed by atoms with Crippen molar-refractivity contribution in [3.63, 3.8) is 0 Å². The van der Waals surface area contributed by atoms with Crippen molar-refractivity contribution in [2.24, 2.45) is 5.41 Å². The molecule has 0 unspecified atom stereocenters. The van der Waals surface area contributed by atoms with Crippen molar-refractivity contribution in [3.8, 4) is 0 Å². The Labute approximate surface area is 113 Å². The number of aliphatic hydroxyl groups is 1. The van der Waals surface area contributed by atoms with Crippen LogP contribution in [0.4, 0.5) is 0 Å². The van der Waals surface area contributed by atoms with Gasteiger partial charge in [-0.25, -0.2) is 0 Å². The first-order valence-corrected chi connectivity index (χ1v) is 7.26. The molecule has 0 aromatic heterocycles. The number of hydrogen-bond donors (Lipinski definition) is 1. The predicted octanol–water partition coefficient (Wildman–Crippen LogP) is 2.20. The van der Waals surface area contributed by atoms with Crippen LogP contribution in [0.5, 0.6) is 0 Å². The maximum absolute atomic E-state index is 9.87. The van der Waals surface area contributed by atoms with Crippen LogP contribution in [0, 0.1) is 5.41 Å². The zero-order chi connectivity index (χ0) is 14.0. The van der Waals surface area contributed by atoms with E-state index in [1.165, 1.54) is 25.9 Å². The van der Waals surface area contributed by atoms with Crippen LogP contribution in [0.3, 0.4) is 0 Å². The summed E-state index contributed by atoms with van der Waals surface area (Å²) in [6.07, 6.45) is 2.53. The van der Waals surface area contributed by atoms with Gasteiger partial charge >= 0.3 is 0 Å². The maximum atomic E-state index is 9.87. The fourth-order valence-electron chi connectivity index (χ4n) is 3.11. The van der Waals surface area contributed by atoms with Crippen molar-refractivity contribution >= 4 is 0 Å². The lowest BCUT2D eigenvalue weighted by atomic mass is 9.79. The molecule has 3 nitrogen and oxygen atoms in total. The third-order valence-electron chi connectivity index (χ3n) is 4.04. The van der Waals surface area contributed by atoms with Crippen molar-refractivity contribution in [1.29, 1.82) is 0 Å². The highest BCUT2D eigenvalue weighted by Gasteiger charge is 2.32. The van der Waals surface area contributed by atoms with Gasteiger partial charge in [-0.1, -0.05) is 6.92 Å². The van der Waals surface area contributed by atoms with Gasteiger partial charge in [-0.3, -0.25) is 0 Å². The lowest BCUT2D eigenvalue weighted by molar-refractivity contribution is 0.0163. The summed E-state index contributed by atoms with van der Waals surface area (Å²) in [5, 5.41) is 9.87. The highest BCUT2D eigenvalue weighted by molar-refractivity contribution is 4.86. The summed E-state index contributed by atoms with van der Waals surface area (Å²) in [5.41, 5.74) is -0.185. The summed E-state index contributed by atoms with van der Waals surface area (Å²) < 4.78 is 0. The van der Waals surface area contributed by atoms with Crippen LogP contribution in [0.2, 0.25) is 0 Å². The molecule has 0 saturated carbocycles. The van der Waals surface area contributed by atoms with E-state index in [0.717, 1.165) is 13.1 Å². The average Bonchev–Trinajstić information content (AvgIpc) is 2.13. The Morgan fingerprint density at radius 2 is 1.78 bits per heavy atom. The van der Waals surface area contributed by atoms with Gasteiger partial charge in [0.15, 0.2) is 0 Å². The van der Waals surface area contributed by atoms with E-state index in [-0.39, 0.29) is 0 Å². The summed E-state index contributed by atoms with van der Waals surface area (Å²) in [6, 6.07) is 0.670. The molecule has 0 aromatic rings. The largest absolute Gasteiger partial charge is 0.389 e. The number of likely N-dealkylation sites (tertiary alicyclic amines) is 1. The van der Waals surface area contributed by atoms with E-state index >= 15 is 0 Å². The number of hydrogen-bond acceptors (Lipinski definition) is 3. The Morgan fingerprint density at radius 3 is 2.17 bits per heavy atom. The van der Waals surface area contributed by atoms with Crippen LogP contribution in [0.25, 0.3) is 0 Å². The molecule has 1 fully saturated rings. The van der Waals surface area contributed by atoms with E-state index in [1.54, 1.807) is 0 Å². The van der Waals surface area contributed by atoms with Gasteiger partial charge in [0.25, 0.3) is 0 Å². The SMILES string of the molecule is CC(C)N1CCC(C)(CN(C)CC(C)(C)O)CC1. The summed E-state index contributed by atoms with van der Waals surface area (Å²) in [4.78, 5) is 4.85. The Bertz CT molecular complexity index is 250. The van der Waals surface area contributed by atoms with Crippen molar-refractivity contribution < 1.29 is 5.11 Å². The van der Waals surface area contributed by atoms with Crippen LogP contribution in [-0.2, 0) is 0 Å². The standard InChI is InChI=1S/C15H32N2O/c1-13(2)17-9-7-15(5,8-10-17)12-16(6)11-14(3,4)18/h13,18H,7-12H2,1-6H3. The van der Waals surface area contributed by atoms with E-state index in [9.17, 15) is 5.11 Å². The molecule has 18 heavy (non-hydrogen) atoms. The molecule has 1 heterocycles. The minimum Gasteiger partial charge on any atom is -0.389 e. The number of piperidine rings is 1. The second-order valence-electron chi connectivity index (χ2n) is 7.43. The minimum atomic E-state index is -0.594. The summed E-state index contributed by atoms with van der Waals surface area (Å²) in [5.74, 6) is 0. The zero-order valence-corrected chi connectivity index (χ0v) is 13.2. The number of rotatable bonds is 5. The fourth-order valence-corrected chi connectivity index (χ4v) is 3.11. The second kappa shape index (κ2) is 5.89. The first-order chi connectivity index (χ1) is 8.11. The van der Waals surface area contributed by atoms with E-state index in [1.807, 2.05) is 13.8 Å². The van der Waals surface area contributed by atoms with Crippen LogP contribution >= 0.6 is 0 Å². The second-order valence-corrected chi connectivity index (χ2v) is 7.43. The van der Waals surface area contributed by atoms with Gasteiger partial charge in [0.2, 0.25) is 0 Å². The molecule has 0 atom stereocenters. The molecular formula is C15H32N2O. The predicted molar refractivity (Wildman–Crippen MR) is 77.8 cm³/mol. The fraction of sp³-hybridized carbons (Fsp3) is 1.00. The quantitative estimate of drug-likeness (QED) is 0.817. The summed E-state index contributed by atoms with van der Waals surface area (Å²) in [7, 11) is 2.12. The van der Waals surface area contributed by atoms with Gasteiger partial charge in [-0.2, -0.15) is 0 Å². The van der Waals surface area contributed by atoms with Gasteiger partial charge in [-0.15, -0.1) is 0 Å². The molecule has 1 aliphatic heterocycles. The molecule has 108 valence electrons. The van der Waals surface area contributed by atoms with E-state index in [4.69, 9.17) is 0 Å². The molecule has 1 rings (SSSR count). The van der Waals surface area contributed by atoms with E-state index in [0.29, 0.717) is 11.5 Å². The molecule has 0 amide bonds. The molecule has 0 spiro atoms. The Balaban J connectivity index is 2.43. The molecular weight excluding hydrogens is 224 g/mol. The van der Waals surface area contributed by atoms with Gasteiger partial charge in [0.1, 0.15) is 0 Å². The van der Waals surface area contributed by atoms with Crippen molar-refractivity contribution in [2.45, 2.75) is 59.1 Å². The van der Waals surface area contributed by atoms with Crippen molar-refractivity contribution in [1.82, 2.24) is 9.80 Å². The number of nitrogens with zero attached hydrogens (tertiary/aromatic N) is 2. The molecule has 1 saturated heterocycles. The minimum absolute atomic E-state index is 0.408. The smallest absolute Gasteiger partial charge is 0.0718 e. The van der Waals surface area contributed by atoms with Gasteiger partial charge < -0.3 is 14.9 Å². The third-order valence-corrected chi connectivity index (χ3v) is 4.04. The highest BCUT2D eigenvalue weighted by Crippen LogP contribution is 2.32. The normalized spacial score (nSPS) is 21.8. The highest BCUT2D eigenvalue weighted by atomic mass is 16.3. The van der Waals surface area contributed by atoms with Crippen LogP contribution in [0.15, 0.2) is 0 Å². The molecule has 0 aliphatic carbocycles. The topological polar surface area (TPSA) is 26.7 Å². The number of likely N-dealkylation sites (N-methyl/N-ethyl adjacent to an activating group) is 1. The third kappa shape index (κ3) is 5.25. The van der Waals surface area contributed by atoms with Crippen LogP contribution in [0.1, 0.15) is 47.5 Å². The Morgan fingerprint density at radius 1 is 1.28 bits per heavy atom. The Kier molecular flexibility index (Phi) is 5.22. The van der Waals surface area contributed by atoms with E-state index < -0.39 is 5.60 Å².